The summed E-state index contributed by atoms with van der Waals surface area (Å²) in [6, 6.07) is 10.7. The average Bonchev–Trinajstić information content (AvgIpc) is 2.94. The van der Waals surface area contributed by atoms with Crippen molar-refractivity contribution in [1.82, 2.24) is 9.97 Å². The molecule has 1 aromatic carbocycles. The summed E-state index contributed by atoms with van der Waals surface area (Å²) >= 11 is 1.98. The third-order valence-electron chi connectivity index (χ3n) is 4.11. The number of nitrogens with zero attached hydrogens (tertiary/aromatic N) is 3. The lowest BCUT2D eigenvalue weighted by atomic mass is 10.2. The fraction of sp³-hybridized carbons (Fsp3) is 0.444. The van der Waals surface area contributed by atoms with Gasteiger partial charge < -0.3 is 4.90 Å². The van der Waals surface area contributed by atoms with Crippen molar-refractivity contribution in [2.75, 3.05) is 23.7 Å². The van der Waals surface area contributed by atoms with E-state index in [-0.39, 0.29) is 0 Å². The van der Waals surface area contributed by atoms with Crippen LogP contribution in [0.2, 0.25) is 0 Å². The molecule has 1 aliphatic heterocycles. The minimum atomic E-state index is 0.717. The standard InChI is InChI=1S/C18H23N3S/c1-13-6-4-5-7-17(13)22-12-16-8-9-21(11-16)18-19-14(2)10-15(3)20-18/h4-7,10,16H,8-9,11-12H2,1-3H3. The van der Waals surface area contributed by atoms with Crippen LogP contribution in [0.3, 0.4) is 0 Å². The van der Waals surface area contributed by atoms with Crippen LogP contribution < -0.4 is 4.90 Å². The van der Waals surface area contributed by atoms with Crippen molar-refractivity contribution in [3.63, 3.8) is 0 Å². The largest absolute Gasteiger partial charge is 0.340 e. The SMILES string of the molecule is Cc1cc(C)nc(N2CCC(CSc3ccccc3C)C2)n1. The van der Waals surface area contributed by atoms with E-state index in [1.807, 2.05) is 31.7 Å². The highest BCUT2D eigenvalue weighted by Crippen LogP contribution is 2.29. The van der Waals surface area contributed by atoms with Crippen LogP contribution in [0.4, 0.5) is 5.95 Å². The Hall–Kier alpha value is -1.55. The molecule has 1 unspecified atom stereocenters. The van der Waals surface area contributed by atoms with Gasteiger partial charge in [0.25, 0.3) is 0 Å². The van der Waals surface area contributed by atoms with Gasteiger partial charge >= 0.3 is 0 Å². The summed E-state index contributed by atoms with van der Waals surface area (Å²) in [7, 11) is 0. The lowest BCUT2D eigenvalue weighted by molar-refractivity contribution is 0.669. The smallest absolute Gasteiger partial charge is 0.225 e. The molecule has 116 valence electrons. The molecule has 22 heavy (non-hydrogen) atoms. The molecule has 2 heterocycles. The van der Waals surface area contributed by atoms with Crippen molar-refractivity contribution >= 4 is 17.7 Å². The molecule has 4 heteroatoms. The van der Waals surface area contributed by atoms with E-state index in [0.29, 0.717) is 5.92 Å². The van der Waals surface area contributed by atoms with Crippen LogP contribution in [-0.2, 0) is 0 Å². The van der Waals surface area contributed by atoms with Gasteiger partial charge in [-0.1, -0.05) is 18.2 Å². The summed E-state index contributed by atoms with van der Waals surface area (Å²) in [4.78, 5) is 12.9. The first-order valence-corrected chi connectivity index (χ1v) is 8.86. The molecule has 1 saturated heterocycles. The third-order valence-corrected chi connectivity index (χ3v) is 5.51. The monoisotopic (exact) mass is 313 g/mol. The molecule has 0 saturated carbocycles. The zero-order valence-corrected chi connectivity index (χ0v) is 14.4. The summed E-state index contributed by atoms with van der Waals surface area (Å²) in [5.41, 5.74) is 3.49. The van der Waals surface area contributed by atoms with Crippen LogP contribution >= 0.6 is 11.8 Å². The lowest BCUT2D eigenvalue weighted by Crippen LogP contribution is -2.23. The molecule has 0 bridgehead atoms. The first kappa shape index (κ1) is 15.3. The Labute approximate surface area is 137 Å². The third kappa shape index (κ3) is 3.61. The number of benzene rings is 1. The van der Waals surface area contributed by atoms with E-state index >= 15 is 0 Å². The molecule has 0 N–H and O–H groups in total. The molecule has 0 amide bonds. The second-order valence-corrected chi connectivity index (χ2v) is 7.19. The highest BCUT2D eigenvalue weighted by atomic mass is 32.2. The summed E-state index contributed by atoms with van der Waals surface area (Å²) in [6.45, 7) is 8.41. The number of hydrogen-bond donors (Lipinski definition) is 0. The van der Waals surface area contributed by atoms with Gasteiger partial charge in [-0.25, -0.2) is 9.97 Å². The normalized spacial score (nSPS) is 18.0. The van der Waals surface area contributed by atoms with Crippen LogP contribution in [0.15, 0.2) is 35.2 Å². The van der Waals surface area contributed by atoms with Gasteiger partial charge in [0, 0.05) is 35.1 Å². The fourth-order valence-electron chi connectivity index (χ4n) is 2.93. The second kappa shape index (κ2) is 6.69. The number of aryl methyl sites for hydroxylation is 3. The predicted octanol–water partition coefficient (Wildman–Crippen LogP) is 4.02. The van der Waals surface area contributed by atoms with Gasteiger partial charge in [0.2, 0.25) is 5.95 Å². The van der Waals surface area contributed by atoms with E-state index in [1.54, 1.807) is 0 Å². The van der Waals surface area contributed by atoms with Gasteiger partial charge in [-0.2, -0.15) is 0 Å². The Bertz CT molecular complexity index is 636. The summed E-state index contributed by atoms with van der Waals surface area (Å²) < 4.78 is 0. The first-order valence-electron chi connectivity index (χ1n) is 7.87. The van der Waals surface area contributed by atoms with Crippen molar-refractivity contribution in [1.29, 1.82) is 0 Å². The molecule has 2 aromatic rings. The Morgan fingerprint density at radius 3 is 2.59 bits per heavy atom. The van der Waals surface area contributed by atoms with E-state index < -0.39 is 0 Å². The number of thioether (sulfide) groups is 1. The van der Waals surface area contributed by atoms with Crippen molar-refractivity contribution in [2.24, 2.45) is 5.92 Å². The highest BCUT2D eigenvalue weighted by molar-refractivity contribution is 7.99. The molecule has 3 rings (SSSR count). The van der Waals surface area contributed by atoms with Crippen LogP contribution in [0.25, 0.3) is 0 Å². The molecular formula is C18H23N3S. The number of hydrogen-bond acceptors (Lipinski definition) is 4. The van der Waals surface area contributed by atoms with Crippen molar-refractivity contribution < 1.29 is 0 Å². The molecule has 1 aromatic heterocycles. The Morgan fingerprint density at radius 1 is 1.14 bits per heavy atom. The van der Waals surface area contributed by atoms with Crippen molar-refractivity contribution in [2.45, 2.75) is 32.1 Å². The minimum Gasteiger partial charge on any atom is -0.340 e. The zero-order chi connectivity index (χ0) is 15.5. The zero-order valence-electron chi connectivity index (χ0n) is 13.5. The maximum atomic E-state index is 4.59. The summed E-state index contributed by atoms with van der Waals surface area (Å²) in [5, 5.41) is 0. The minimum absolute atomic E-state index is 0.717. The summed E-state index contributed by atoms with van der Waals surface area (Å²) in [5.74, 6) is 2.79. The molecule has 0 radical (unpaired) electrons. The lowest BCUT2D eigenvalue weighted by Gasteiger charge is -2.17. The van der Waals surface area contributed by atoms with E-state index in [4.69, 9.17) is 0 Å². The Balaban J connectivity index is 1.59. The van der Waals surface area contributed by atoms with Gasteiger partial charge in [-0.05, 0) is 50.8 Å². The van der Waals surface area contributed by atoms with Gasteiger partial charge in [0.1, 0.15) is 0 Å². The van der Waals surface area contributed by atoms with E-state index in [2.05, 4.69) is 46.1 Å². The van der Waals surface area contributed by atoms with Crippen LogP contribution in [0.1, 0.15) is 23.4 Å². The Kier molecular flexibility index (Phi) is 4.67. The molecule has 1 fully saturated rings. The van der Waals surface area contributed by atoms with Crippen molar-refractivity contribution in [3.8, 4) is 0 Å². The first-order chi connectivity index (χ1) is 10.6. The molecule has 1 atom stereocenters. The number of anilines is 1. The molecule has 0 aliphatic carbocycles. The second-order valence-electron chi connectivity index (χ2n) is 6.13. The van der Waals surface area contributed by atoms with E-state index in [9.17, 15) is 0 Å². The molecule has 1 aliphatic rings. The van der Waals surface area contributed by atoms with Gasteiger partial charge in [-0.3, -0.25) is 0 Å². The molecule has 0 spiro atoms. The van der Waals surface area contributed by atoms with E-state index in [0.717, 1.165) is 30.4 Å². The average molecular weight is 313 g/mol. The van der Waals surface area contributed by atoms with Gasteiger partial charge in [0.05, 0.1) is 0 Å². The van der Waals surface area contributed by atoms with Crippen LogP contribution in [-0.4, -0.2) is 28.8 Å². The highest BCUT2D eigenvalue weighted by Gasteiger charge is 2.24. The van der Waals surface area contributed by atoms with Crippen LogP contribution in [0.5, 0.6) is 0 Å². The Morgan fingerprint density at radius 2 is 1.86 bits per heavy atom. The maximum absolute atomic E-state index is 4.59. The predicted molar refractivity (Wildman–Crippen MR) is 93.7 cm³/mol. The van der Waals surface area contributed by atoms with Gasteiger partial charge in [0.15, 0.2) is 0 Å². The van der Waals surface area contributed by atoms with Crippen LogP contribution in [0, 0.1) is 26.7 Å². The number of aromatic nitrogens is 2. The van der Waals surface area contributed by atoms with Crippen molar-refractivity contribution in [3.05, 3.63) is 47.3 Å². The topological polar surface area (TPSA) is 29.0 Å². The number of rotatable bonds is 4. The van der Waals surface area contributed by atoms with E-state index in [1.165, 1.54) is 22.6 Å². The molecular weight excluding hydrogens is 290 g/mol. The summed E-state index contributed by atoms with van der Waals surface area (Å²) in [6.07, 6.45) is 1.23. The maximum Gasteiger partial charge on any atom is 0.225 e. The molecule has 3 nitrogen and oxygen atoms in total. The van der Waals surface area contributed by atoms with Gasteiger partial charge in [-0.15, -0.1) is 11.8 Å². The quantitative estimate of drug-likeness (QED) is 0.797. The fourth-order valence-corrected chi connectivity index (χ4v) is 4.08.